The number of nitrogens with zero attached hydrogens (tertiary/aromatic N) is 3. The zero-order chi connectivity index (χ0) is 20.4. The van der Waals surface area contributed by atoms with Crippen LogP contribution < -0.4 is 4.90 Å². The van der Waals surface area contributed by atoms with Crippen molar-refractivity contribution in [1.29, 1.82) is 0 Å². The third-order valence-corrected chi connectivity index (χ3v) is 5.50. The van der Waals surface area contributed by atoms with Crippen molar-refractivity contribution in [2.24, 2.45) is 5.92 Å². The van der Waals surface area contributed by atoms with Crippen LogP contribution in [0.4, 0.5) is 10.5 Å². The molecule has 1 aromatic carbocycles. The van der Waals surface area contributed by atoms with Gasteiger partial charge >= 0.3 is 6.09 Å². The van der Waals surface area contributed by atoms with E-state index in [2.05, 4.69) is 12.1 Å². The van der Waals surface area contributed by atoms with E-state index in [0.717, 1.165) is 22.4 Å². The molecule has 7 nitrogen and oxygen atoms in total. The molecule has 0 spiro atoms. The Hall–Kier alpha value is -2.57. The van der Waals surface area contributed by atoms with Crippen LogP contribution in [-0.4, -0.2) is 67.0 Å². The van der Waals surface area contributed by atoms with Crippen molar-refractivity contribution in [1.82, 2.24) is 9.80 Å². The van der Waals surface area contributed by atoms with E-state index in [0.29, 0.717) is 39.3 Å². The minimum absolute atomic E-state index is 0.00133. The predicted octanol–water partition coefficient (Wildman–Crippen LogP) is 2.27. The fraction of sp³-hybridized carbons (Fsp3) is 0.571. The van der Waals surface area contributed by atoms with Crippen LogP contribution in [0.3, 0.4) is 0 Å². The first-order chi connectivity index (χ1) is 13.3. The van der Waals surface area contributed by atoms with Crippen LogP contribution in [0, 0.1) is 26.7 Å². The molecule has 0 N–H and O–H groups in total. The summed E-state index contributed by atoms with van der Waals surface area (Å²) in [6.45, 7) is 10.5. The highest BCUT2D eigenvalue weighted by Crippen LogP contribution is 2.32. The van der Waals surface area contributed by atoms with E-state index in [4.69, 9.17) is 4.74 Å². The number of hydrogen-bond donors (Lipinski definition) is 0. The summed E-state index contributed by atoms with van der Waals surface area (Å²) in [5.74, 6) is -0.331. The summed E-state index contributed by atoms with van der Waals surface area (Å²) in [5, 5.41) is 0. The van der Waals surface area contributed by atoms with Gasteiger partial charge in [0.25, 0.3) is 0 Å². The van der Waals surface area contributed by atoms with Gasteiger partial charge in [0.15, 0.2) is 0 Å². The van der Waals surface area contributed by atoms with Gasteiger partial charge in [0.2, 0.25) is 11.8 Å². The van der Waals surface area contributed by atoms with E-state index >= 15 is 0 Å². The second-order valence-electron chi connectivity index (χ2n) is 7.66. The van der Waals surface area contributed by atoms with Crippen LogP contribution in [0.15, 0.2) is 12.1 Å². The molecule has 3 rings (SSSR count). The second kappa shape index (κ2) is 8.20. The fourth-order valence-electron chi connectivity index (χ4n) is 4.27. The normalized spacial score (nSPS) is 19.9. The van der Waals surface area contributed by atoms with Crippen LogP contribution in [-0.2, 0) is 14.3 Å². The van der Waals surface area contributed by atoms with E-state index in [9.17, 15) is 14.4 Å². The highest BCUT2D eigenvalue weighted by molar-refractivity contribution is 6.01. The first-order valence-electron chi connectivity index (χ1n) is 9.90. The number of ether oxygens (including phenoxy) is 1. The van der Waals surface area contributed by atoms with Gasteiger partial charge < -0.3 is 19.4 Å². The molecule has 3 amide bonds. The lowest BCUT2D eigenvalue weighted by Gasteiger charge is -2.35. The number of amides is 3. The van der Waals surface area contributed by atoms with Crippen molar-refractivity contribution in [2.75, 3.05) is 44.2 Å². The molecule has 2 aliphatic rings. The Labute approximate surface area is 166 Å². The third-order valence-electron chi connectivity index (χ3n) is 5.50. The number of rotatable bonds is 3. The molecular weight excluding hydrogens is 358 g/mol. The summed E-state index contributed by atoms with van der Waals surface area (Å²) in [5.41, 5.74) is 4.21. The molecule has 28 heavy (non-hydrogen) atoms. The molecule has 152 valence electrons. The lowest BCUT2D eigenvalue weighted by Crippen LogP contribution is -2.52. The van der Waals surface area contributed by atoms with Crippen molar-refractivity contribution in [3.63, 3.8) is 0 Å². The number of hydrogen-bond acceptors (Lipinski definition) is 4. The van der Waals surface area contributed by atoms with E-state index in [1.54, 1.807) is 21.6 Å². The summed E-state index contributed by atoms with van der Waals surface area (Å²) < 4.78 is 5.02. The van der Waals surface area contributed by atoms with Crippen LogP contribution in [0.1, 0.15) is 30.0 Å². The van der Waals surface area contributed by atoms with Crippen LogP contribution in [0.5, 0.6) is 0 Å². The second-order valence-corrected chi connectivity index (χ2v) is 7.66. The Morgan fingerprint density at radius 2 is 1.61 bits per heavy atom. The van der Waals surface area contributed by atoms with Gasteiger partial charge in [-0.3, -0.25) is 9.59 Å². The molecule has 0 aromatic heterocycles. The average Bonchev–Trinajstić information content (AvgIpc) is 3.02. The molecule has 0 radical (unpaired) electrons. The molecular formula is C21H29N3O4. The summed E-state index contributed by atoms with van der Waals surface area (Å²) in [4.78, 5) is 42.6. The van der Waals surface area contributed by atoms with Crippen molar-refractivity contribution < 1.29 is 19.1 Å². The predicted molar refractivity (Wildman–Crippen MR) is 106 cm³/mol. The minimum Gasteiger partial charge on any atom is -0.450 e. The Morgan fingerprint density at radius 1 is 1.04 bits per heavy atom. The molecule has 1 atom stereocenters. The van der Waals surface area contributed by atoms with Crippen LogP contribution in [0.2, 0.25) is 0 Å². The molecule has 0 saturated carbocycles. The topological polar surface area (TPSA) is 70.2 Å². The highest BCUT2D eigenvalue weighted by atomic mass is 16.6. The molecule has 1 unspecified atom stereocenters. The van der Waals surface area contributed by atoms with Crippen molar-refractivity contribution in [3.05, 3.63) is 28.8 Å². The van der Waals surface area contributed by atoms with Gasteiger partial charge in [0.1, 0.15) is 0 Å². The van der Waals surface area contributed by atoms with Gasteiger partial charge in [-0.15, -0.1) is 0 Å². The van der Waals surface area contributed by atoms with Gasteiger partial charge in [-0.25, -0.2) is 4.79 Å². The SMILES string of the molecule is CCOC(=O)N1CCN(C(=O)C2CC(=O)N(c3c(C)cc(C)cc3C)C2)CC1. The third kappa shape index (κ3) is 3.98. The lowest BCUT2D eigenvalue weighted by molar-refractivity contribution is -0.137. The van der Waals surface area contributed by atoms with E-state index in [1.807, 2.05) is 20.8 Å². The Bertz CT molecular complexity index is 761. The summed E-state index contributed by atoms with van der Waals surface area (Å²) in [6.07, 6.45) is -0.0916. The summed E-state index contributed by atoms with van der Waals surface area (Å²) in [7, 11) is 0. The minimum atomic E-state index is -0.332. The summed E-state index contributed by atoms with van der Waals surface area (Å²) in [6, 6.07) is 4.14. The first kappa shape index (κ1) is 20.2. The average molecular weight is 387 g/mol. The Morgan fingerprint density at radius 3 is 2.18 bits per heavy atom. The number of anilines is 1. The fourth-order valence-corrected chi connectivity index (χ4v) is 4.27. The monoisotopic (exact) mass is 387 g/mol. The van der Waals surface area contributed by atoms with Crippen molar-refractivity contribution in [2.45, 2.75) is 34.1 Å². The number of carbonyl (C=O) groups is 3. The maximum atomic E-state index is 13.0. The molecule has 2 heterocycles. The highest BCUT2D eigenvalue weighted by Gasteiger charge is 2.39. The standard InChI is InChI=1S/C21H29N3O4/c1-5-28-21(27)23-8-6-22(7-9-23)20(26)17-12-18(25)24(13-17)19-15(3)10-14(2)11-16(19)4/h10-11,17H,5-9,12-13H2,1-4H3. The van der Waals surface area contributed by atoms with Crippen molar-refractivity contribution in [3.8, 4) is 0 Å². The molecule has 2 saturated heterocycles. The van der Waals surface area contributed by atoms with Gasteiger partial charge in [0.05, 0.1) is 12.5 Å². The van der Waals surface area contributed by atoms with Gasteiger partial charge in [-0.05, 0) is 38.8 Å². The first-order valence-corrected chi connectivity index (χ1v) is 9.90. The molecule has 2 aliphatic heterocycles. The molecule has 0 aliphatic carbocycles. The Balaban J connectivity index is 1.64. The van der Waals surface area contributed by atoms with Crippen LogP contribution in [0.25, 0.3) is 0 Å². The molecule has 2 fully saturated rings. The zero-order valence-corrected chi connectivity index (χ0v) is 17.2. The largest absolute Gasteiger partial charge is 0.450 e. The molecule has 0 bridgehead atoms. The maximum absolute atomic E-state index is 13.0. The smallest absolute Gasteiger partial charge is 0.409 e. The number of aryl methyl sites for hydroxylation is 3. The van der Waals surface area contributed by atoms with Gasteiger partial charge in [0, 0.05) is 44.8 Å². The van der Waals surface area contributed by atoms with Crippen LogP contribution >= 0.6 is 0 Å². The van der Waals surface area contributed by atoms with E-state index < -0.39 is 0 Å². The number of piperazine rings is 1. The molecule has 7 heteroatoms. The zero-order valence-electron chi connectivity index (χ0n) is 17.2. The quantitative estimate of drug-likeness (QED) is 0.798. The van der Waals surface area contributed by atoms with Crippen molar-refractivity contribution >= 4 is 23.6 Å². The number of benzene rings is 1. The van der Waals surface area contributed by atoms with E-state index in [-0.39, 0.29) is 30.2 Å². The number of carbonyl (C=O) groups excluding carboxylic acids is 3. The summed E-state index contributed by atoms with van der Waals surface area (Å²) >= 11 is 0. The Kier molecular flexibility index (Phi) is 5.91. The van der Waals surface area contributed by atoms with E-state index in [1.165, 1.54) is 0 Å². The van der Waals surface area contributed by atoms with Gasteiger partial charge in [-0.1, -0.05) is 17.7 Å². The molecule has 1 aromatic rings. The van der Waals surface area contributed by atoms with Gasteiger partial charge in [-0.2, -0.15) is 0 Å². The lowest BCUT2D eigenvalue weighted by atomic mass is 10.0. The maximum Gasteiger partial charge on any atom is 0.409 e.